The average Bonchev–Trinajstić information content (AvgIpc) is 2.68. The van der Waals surface area contributed by atoms with E-state index < -0.39 is 0 Å². The van der Waals surface area contributed by atoms with Gasteiger partial charge >= 0.3 is 0 Å². The Labute approximate surface area is 114 Å². The molecule has 104 valence electrons. The van der Waals surface area contributed by atoms with Crippen molar-refractivity contribution in [1.29, 1.82) is 0 Å². The second kappa shape index (κ2) is 5.49. The van der Waals surface area contributed by atoms with E-state index in [1.807, 2.05) is 0 Å². The third-order valence-corrected chi connectivity index (χ3v) is 4.56. The Morgan fingerprint density at radius 3 is 2.58 bits per heavy atom. The summed E-state index contributed by atoms with van der Waals surface area (Å²) in [6, 6.07) is 4.62. The quantitative estimate of drug-likeness (QED) is 0.779. The highest BCUT2D eigenvalue weighted by Crippen LogP contribution is 2.39. The third-order valence-electron chi connectivity index (χ3n) is 4.56. The van der Waals surface area contributed by atoms with Crippen LogP contribution < -0.4 is 10.5 Å². The first-order chi connectivity index (χ1) is 9.24. The predicted octanol–water partition coefficient (Wildman–Crippen LogP) is 3.95. The van der Waals surface area contributed by atoms with Crippen LogP contribution in [-0.2, 0) is 0 Å². The summed E-state index contributed by atoms with van der Waals surface area (Å²) in [6.07, 6.45) is 8.81. The van der Waals surface area contributed by atoms with E-state index in [0.717, 1.165) is 17.7 Å². The van der Waals surface area contributed by atoms with Crippen molar-refractivity contribution in [2.75, 3.05) is 0 Å². The van der Waals surface area contributed by atoms with Crippen molar-refractivity contribution in [3.8, 4) is 5.75 Å². The number of hydrogen-bond donors (Lipinski definition) is 1. The van der Waals surface area contributed by atoms with Crippen molar-refractivity contribution < 1.29 is 9.13 Å². The fourth-order valence-electron chi connectivity index (χ4n) is 3.48. The lowest BCUT2D eigenvalue weighted by molar-refractivity contribution is 0.0903. The van der Waals surface area contributed by atoms with Crippen LogP contribution in [0.25, 0.3) is 0 Å². The summed E-state index contributed by atoms with van der Waals surface area (Å²) in [5, 5.41) is 0. The van der Waals surface area contributed by atoms with E-state index in [1.54, 1.807) is 6.07 Å². The standard InChI is InChI=1S/C16H22FNO/c17-12-7-8-15-13(9-12)14(18)10-16(19-15)11-5-3-1-2-4-6-11/h7-9,11,14,16H,1-6,10,18H2/t14-,16?/m0/s1. The maximum absolute atomic E-state index is 13.3. The molecule has 3 rings (SSSR count). The molecule has 2 N–H and O–H groups in total. The number of ether oxygens (including phenoxy) is 1. The molecule has 2 atom stereocenters. The van der Waals surface area contributed by atoms with E-state index in [0.29, 0.717) is 5.92 Å². The van der Waals surface area contributed by atoms with E-state index in [4.69, 9.17) is 10.5 Å². The van der Waals surface area contributed by atoms with E-state index in [9.17, 15) is 4.39 Å². The minimum Gasteiger partial charge on any atom is -0.490 e. The molecular formula is C16H22FNO. The molecular weight excluding hydrogens is 241 g/mol. The van der Waals surface area contributed by atoms with Gasteiger partial charge < -0.3 is 10.5 Å². The zero-order valence-electron chi connectivity index (χ0n) is 11.3. The van der Waals surface area contributed by atoms with Gasteiger partial charge in [0.25, 0.3) is 0 Å². The third kappa shape index (κ3) is 2.76. The molecule has 1 aliphatic heterocycles. The van der Waals surface area contributed by atoms with Gasteiger partial charge in [0, 0.05) is 18.0 Å². The zero-order chi connectivity index (χ0) is 13.2. The molecule has 0 spiro atoms. The van der Waals surface area contributed by atoms with Crippen molar-refractivity contribution in [2.45, 2.75) is 57.1 Å². The lowest BCUT2D eigenvalue weighted by Gasteiger charge is -2.35. The van der Waals surface area contributed by atoms with Crippen molar-refractivity contribution in [2.24, 2.45) is 11.7 Å². The van der Waals surface area contributed by atoms with Crippen molar-refractivity contribution in [3.63, 3.8) is 0 Å². The Balaban J connectivity index is 1.78. The van der Waals surface area contributed by atoms with Crippen LogP contribution >= 0.6 is 0 Å². The number of halogens is 1. The zero-order valence-corrected chi connectivity index (χ0v) is 11.3. The summed E-state index contributed by atoms with van der Waals surface area (Å²) >= 11 is 0. The Kier molecular flexibility index (Phi) is 3.74. The molecule has 0 amide bonds. The summed E-state index contributed by atoms with van der Waals surface area (Å²) in [4.78, 5) is 0. The van der Waals surface area contributed by atoms with Crippen LogP contribution in [0.15, 0.2) is 18.2 Å². The Morgan fingerprint density at radius 2 is 1.84 bits per heavy atom. The van der Waals surface area contributed by atoms with E-state index >= 15 is 0 Å². The van der Waals surface area contributed by atoms with E-state index in [2.05, 4.69) is 0 Å². The van der Waals surface area contributed by atoms with Gasteiger partial charge in [-0.05, 0) is 37.0 Å². The minimum absolute atomic E-state index is 0.0901. The smallest absolute Gasteiger partial charge is 0.124 e. The molecule has 2 aliphatic rings. The minimum atomic E-state index is -0.231. The molecule has 3 heteroatoms. The molecule has 1 saturated carbocycles. The molecule has 1 aromatic rings. The fraction of sp³-hybridized carbons (Fsp3) is 0.625. The van der Waals surface area contributed by atoms with Gasteiger partial charge in [0.05, 0.1) is 0 Å². The molecule has 19 heavy (non-hydrogen) atoms. The average molecular weight is 263 g/mol. The van der Waals surface area contributed by atoms with Crippen LogP contribution in [0.1, 0.15) is 56.6 Å². The number of fused-ring (bicyclic) bond motifs is 1. The molecule has 0 bridgehead atoms. The lowest BCUT2D eigenvalue weighted by Crippen LogP contribution is -2.35. The van der Waals surface area contributed by atoms with Crippen LogP contribution in [0.2, 0.25) is 0 Å². The summed E-state index contributed by atoms with van der Waals surface area (Å²) in [5.41, 5.74) is 7.03. The number of benzene rings is 1. The number of nitrogens with two attached hydrogens (primary N) is 1. The SMILES string of the molecule is N[C@H]1CC(C2CCCCCC2)Oc2ccc(F)cc21. The van der Waals surface area contributed by atoms with Gasteiger partial charge in [-0.3, -0.25) is 0 Å². The topological polar surface area (TPSA) is 35.2 Å². The van der Waals surface area contributed by atoms with Gasteiger partial charge in [-0.2, -0.15) is 0 Å². The Morgan fingerprint density at radius 1 is 1.11 bits per heavy atom. The van der Waals surface area contributed by atoms with Crippen LogP contribution in [-0.4, -0.2) is 6.10 Å². The second-order valence-corrected chi connectivity index (χ2v) is 5.93. The molecule has 1 aliphatic carbocycles. The Bertz CT molecular complexity index is 440. The maximum atomic E-state index is 13.3. The molecule has 2 nitrogen and oxygen atoms in total. The fourth-order valence-corrected chi connectivity index (χ4v) is 3.48. The first kappa shape index (κ1) is 12.9. The van der Waals surface area contributed by atoms with Crippen molar-refractivity contribution in [3.05, 3.63) is 29.6 Å². The predicted molar refractivity (Wildman–Crippen MR) is 73.6 cm³/mol. The summed E-state index contributed by atoms with van der Waals surface area (Å²) in [6.45, 7) is 0. The summed E-state index contributed by atoms with van der Waals surface area (Å²) in [7, 11) is 0. The molecule has 0 aromatic heterocycles. The second-order valence-electron chi connectivity index (χ2n) is 5.93. The van der Waals surface area contributed by atoms with Gasteiger partial charge in [-0.1, -0.05) is 25.7 Å². The van der Waals surface area contributed by atoms with Crippen molar-refractivity contribution >= 4 is 0 Å². The van der Waals surface area contributed by atoms with Crippen LogP contribution in [0.4, 0.5) is 4.39 Å². The lowest BCUT2D eigenvalue weighted by atomic mass is 9.86. The van der Waals surface area contributed by atoms with Gasteiger partial charge in [0.2, 0.25) is 0 Å². The molecule has 0 radical (unpaired) electrons. The highest BCUT2D eigenvalue weighted by atomic mass is 19.1. The van der Waals surface area contributed by atoms with Crippen LogP contribution in [0.3, 0.4) is 0 Å². The van der Waals surface area contributed by atoms with Gasteiger partial charge in [-0.15, -0.1) is 0 Å². The first-order valence-corrected chi connectivity index (χ1v) is 7.46. The summed E-state index contributed by atoms with van der Waals surface area (Å²) in [5.74, 6) is 1.17. The normalized spacial score (nSPS) is 28.3. The molecule has 1 heterocycles. The highest BCUT2D eigenvalue weighted by molar-refractivity contribution is 5.38. The van der Waals surface area contributed by atoms with Gasteiger partial charge in [-0.25, -0.2) is 4.39 Å². The van der Waals surface area contributed by atoms with Gasteiger partial charge in [0.15, 0.2) is 0 Å². The van der Waals surface area contributed by atoms with Crippen LogP contribution in [0, 0.1) is 11.7 Å². The van der Waals surface area contributed by atoms with E-state index in [1.165, 1.54) is 50.7 Å². The highest BCUT2D eigenvalue weighted by Gasteiger charge is 2.32. The first-order valence-electron chi connectivity index (χ1n) is 7.46. The Hall–Kier alpha value is -1.09. The number of rotatable bonds is 1. The maximum Gasteiger partial charge on any atom is 0.124 e. The van der Waals surface area contributed by atoms with Gasteiger partial charge in [0.1, 0.15) is 17.7 Å². The monoisotopic (exact) mass is 263 g/mol. The van der Waals surface area contributed by atoms with Crippen molar-refractivity contribution in [1.82, 2.24) is 0 Å². The number of hydrogen-bond acceptors (Lipinski definition) is 2. The molecule has 1 fully saturated rings. The van der Waals surface area contributed by atoms with Crippen LogP contribution in [0.5, 0.6) is 5.75 Å². The molecule has 0 saturated heterocycles. The molecule has 1 unspecified atom stereocenters. The van der Waals surface area contributed by atoms with E-state index in [-0.39, 0.29) is 18.0 Å². The summed E-state index contributed by atoms with van der Waals surface area (Å²) < 4.78 is 19.4. The largest absolute Gasteiger partial charge is 0.490 e. The molecule has 1 aromatic carbocycles.